The number of methoxy groups -OCH3 is 1. The summed E-state index contributed by atoms with van der Waals surface area (Å²) in [5.41, 5.74) is 1.65. The van der Waals surface area contributed by atoms with Crippen LogP contribution in [0.1, 0.15) is 25.7 Å². The molecule has 104 valence electrons. The van der Waals surface area contributed by atoms with Gasteiger partial charge in [-0.2, -0.15) is 0 Å². The standard InChI is InChI=1S/C15H13BrO3S/c1-9-4-3-5-11(14(9)16)15(18)12-7-6-10(20-12)8-13(17)19-2/h3-7H,8H2,1-2H3. The third-order valence-electron chi connectivity index (χ3n) is 2.87. The summed E-state index contributed by atoms with van der Waals surface area (Å²) in [7, 11) is 1.35. The summed E-state index contributed by atoms with van der Waals surface area (Å²) in [6, 6.07) is 9.13. The minimum Gasteiger partial charge on any atom is -0.469 e. The average molecular weight is 353 g/mol. The summed E-state index contributed by atoms with van der Waals surface area (Å²) in [5, 5.41) is 0. The van der Waals surface area contributed by atoms with Crippen molar-refractivity contribution >= 4 is 39.0 Å². The van der Waals surface area contributed by atoms with Crippen LogP contribution in [0.15, 0.2) is 34.8 Å². The van der Waals surface area contributed by atoms with Gasteiger partial charge in [-0.25, -0.2) is 0 Å². The number of rotatable bonds is 4. The number of esters is 1. The third kappa shape index (κ3) is 3.16. The number of ether oxygens (including phenoxy) is 1. The van der Waals surface area contributed by atoms with Crippen LogP contribution in [0, 0.1) is 6.92 Å². The van der Waals surface area contributed by atoms with Gasteiger partial charge in [0, 0.05) is 14.9 Å². The molecule has 0 atom stereocenters. The van der Waals surface area contributed by atoms with Crippen molar-refractivity contribution in [3.05, 3.63) is 55.7 Å². The minimum atomic E-state index is -0.303. The van der Waals surface area contributed by atoms with E-state index < -0.39 is 0 Å². The zero-order valence-electron chi connectivity index (χ0n) is 11.1. The van der Waals surface area contributed by atoms with Gasteiger partial charge in [-0.05, 0) is 46.6 Å². The molecule has 0 spiro atoms. The highest BCUT2D eigenvalue weighted by Crippen LogP contribution is 2.26. The summed E-state index contributed by atoms with van der Waals surface area (Å²) in [6.45, 7) is 1.94. The van der Waals surface area contributed by atoms with Crippen LogP contribution in [0.4, 0.5) is 0 Å². The fourth-order valence-corrected chi connectivity index (χ4v) is 3.16. The maximum absolute atomic E-state index is 12.5. The van der Waals surface area contributed by atoms with Crippen molar-refractivity contribution in [2.75, 3.05) is 7.11 Å². The number of halogens is 1. The molecule has 5 heteroatoms. The molecule has 0 aliphatic carbocycles. The summed E-state index contributed by atoms with van der Waals surface area (Å²) in [5.74, 6) is -0.343. The van der Waals surface area contributed by atoms with E-state index in [1.54, 1.807) is 18.2 Å². The van der Waals surface area contributed by atoms with E-state index in [1.165, 1.54) is 18.4 Å². The van der Waals surface area contributed by atoms with Gasteiger partial charge >= 0.3 is 5.97 Å². The number of carbonyl (C=O) groups is 2. The van der Waals surface area contributed by atoms with E-state index in [0.29, 0.717) is 10.4 Å². The Morgan fingerprint density at radius 3 is 2.70 bits per heavy atom. The Balaban J connectivity index is 2.26. The van der Waals surface area contributed by atoms with Crippen molar-refractivity contribution in [1.82, 2.24) is 0 Å². The van der Waals surface area contributed by atoms with Crippen molar-refractivity contribution in [3.63, 3.8) is 0 Å². The molecule has 3 nitrogen and oxygen atoms in total. The molecule has 1 aromatic heterocycles. The molecule has 1 aromatic carbocycles. The molecule has 0 saturated carbocycles. The van der Waals surface area contributed by atoms with Crippen LogP contribution in [0.2, 0.25) is 0 Å². The smallest absolute Gasteiger partial charge is 0.310 e. The number of aryl methyl sites for hydroxylation is 1. The lowest BCUT2D eigenvalue weighted by atomic mass is 10.1. The van der Waals surface area contributed by atoms with Crippen LogP contribution in [-0.4, -0.2) is 18.9 Å². The first-order valence-corrected chi connectivity index (χ1v) is 7.59. The van der Waals surface area contributed by atoms with Crippen molar-refractivity contribution in [2.24, 2.45) is 0 Å². The second kappa shape index (κ2) is 6.33. The van der Waals surface area contributed by atoms with Gasteiger partial charge in [-0.3, -0.25) is 9.59 Å². The van der Waals surface area contributed by atoms with Gasteiger partial charge in [0.1, 0.15) is 0 Å². The first-order chi connectivity index (χ1) is 9.52. The number of hydrogen-bond acceptors (Lipinski definition) is 4. The maximum atomic E-state index is 12.5. The molecule has 0 saturated heterocycles. The molecule has 0 aliphatic rings. The molecule has 0 amide bonds. The lowest BCUT2D eigenvalue weighted by Crippen LogP contribution is -2.03. The van der Waals surface area contributed by atoms with Gasteiger partial charge in [-0.15, -0.1) is 11.3 Å². The van der Waals surface area contributed by atoms with Crippen molar-refractivity contribution in [2.45, 2.75) is 13.3 Å². The Morgan fingerprint density at radius 2 is 2.00 bits per heavy atom. The molecule has 20 heavy (non-hydrogen) atoms. The highest BCUT2D eigenvalue weighted by atomic mass is 79.9. The van der Waals surface area contributed by atoms with Crippen LogP contribution in [0.25, 0.3) is 0 Å². The van der Waals surface area contributed by atoms with Crippen LogP contribution >= 0.6 is 27.3 Å². The zero-order chi connectivity index (χ0) is 14.7. The van der Waals surface area contributed by atoms with Gasteiger partial charge in [0.25, 0.3) is 0 Å². The van der Waals surface area contributed by atoms with Crippen molar-refractivity contribution < 1.29 is 14.3 Å². The average Bonchev–Trinajstić information content (AvgIpc) is 2.89. The molecule has 0 N–H and O–H groups in total. The molecule has 0 unspecified atom stereocenters. The molecule has 0 bridgehead atoms. The summed E-state index contributed by atoms with van der Waals surface area (Å²) < 4.78 is 5.43. The van der Waals surface area contributed by atoms with E-state index in [9.17, 15) is 9.59 Å². The van der Waals surface area contributed by atoms with E-state index in [-0.39, 0.29) is 18.2 Å². The second-order valence-corrected chi connectivity index (χ2v) is 6.25. The van der Waals surface area contributed by atoms with Crippen molar-refractivity contribution in [3.8, 4) is 0 Å². The highest BCUT2D eigenvalue weighted by molar-refractivity contribution is 9.10. The Bertz CT molecular complexity index is 661. The number of hydrogen-bond donors (Lipinski definition) is 0. The predicted molar refractivity (Wildman–Crippen MR) is 82.4 cm³/mol. The Hall–Kier alpha value is -1.46. The first-order valence-electron chi connectivity index (χ1n) is 5.98. The monoisotopic (exact) mass is 352 g/mol. The number of ketones is 1. The molecule has 0 radical (unpaired) electrons. The van der Waals surface area contributed by atoms with Gasteiger partial charge in [0.15, 0.2) is 0 Å². The number of carbonyl (C=O) groups excluding carboxylic acids is 2. The van der Waals surface area contributed by atoms with E-state index in [1.807, 2.05) is 19.1 Å². The minimum absolute atomic E-state index is 0.0401. The second-order valence-electron chi connectivity index (χ2n) is 4.28. The highest BCUT2D eigenvalue weighted by Gasteiger charge is 2.16. The third-order valence-corrected chi connectivity index (χ3v) is 5.00. The zero-order valence-corrected chi connectivity index (χ0v) is 13.5. The van der Waals surface area contributed by atoms with Crippen LogP contribution in [0.5, 0.6) is 0 Å². The SMILES string of the molecule is COC(=O)Cc1ccc(C(=O)c2cccc(C)c2Br)s1. The van der Waals surface area contributed by atoms with Gasteiger partial charge in [0.2, 0.25) is 5.78 Å². The number of thiophene rings is 1. The van der Waals surface area contributed by atoms with Crippen LogP contribution < -0.4 is 0 Å². The lowest BCUT2D eigenvalue weighted by molar-refractivity contribution is -0.139. The van der Waals surface area contributed by atoms with Gasteiger partial charge in [-0.1, -0.05) is 12.1 Å². The van der Waals surface area contributed by atoms with E-state index >= 15 is 0 Å². The summed E-state index contributed by atoms with van der Waals surface area (Å²) in [4.78, 5) is 25.1. The number of benzene rings is 1. The fraction of sp³-hybridized carbons (Fsp3) is 0.200. The molecular weight excluding hydrogens is 340 g/mol. The molecular formula is C15H13BrO3S. The Morgan fingerprint density at radius 1 is 1.25 bits per heavy atom. The summed E-state index contributed by atoms with van der Waals surface area (Å²) in [6.07, 6.45) is 0.198. The van der Waals surface area contributed by atoms with E-state index in [4.69, 9.17) is 0 Å². The summed E-state index contributed by atoms with van der Waals surface area (Å²) >= 11 is 4.77. The molecule has 2 aromatic rings. The fourth-order valence-electron chi connectivity index (χ4n) is 1.76. The molecule has 0 aliphatic heterocycles. The Kier molecular flexibility index (Phi) is 4.73. The lowest BCUT2D eigenvalue weighted by Gasteiger charge is -2.04. The maximum Gasteiger partial charge on any atom is 0.310 e. The van der Waals surface area contributed by atoms with Crippen LogP contribution in [0.3, 0.4) is 0 Å². The van der Waals surface area contributed by atoms with E-state index in [2.05, 4.69) is 20.7 Å². The molecule has 0 fully saturated rings. The largest absolute Gasteiger partial charge is 0.469 e. The van der Waals surface area contributed by atoms with Crippen molar-refractivity contribution in [1.29, 1.82) is 0 Å². The predicted octanol–water partition coefficient (Wildman–Crippen LogP) is 3.77. The van der Waals surface area contributed by atoms with Gasteiger partial charge in [0.05, 0.1) is 18.4 Å². The topological polar surface area (TPSA) is 43.4 Å². The normalized spacial score (nSPS) is 10.3. The van der Waals surface area contributed by atoms with Crippen LogP contribution in [-0.2, 0) is 16.0 Å². The van der Waals surface area contributed by atoms with E-state index in [0.717, 1.165) is 14.9 Å². The first kappa shape index (κ1) is 14.9. The molecule has 1 heterocycles. The quantitative estimate of drug-likeness (QED) is 0.621. The Labute approximate surface area is 129 Å². The molecule has 2 rings (SSSR count). The van der Waals surface area contributed by atoms with Gasteiger partial charge < -0.3 is 4.74 Å².